The fraction of sp³-hybridized carbons (Fsp3) is 0.0909. The van der Waals surface area contributed by atoms with Crippen molar-refractivity contribution < 1.29 is 4.39 Å². The summed E-state index contributed by atoms with van der Waals surface area (Å²) in [5.41, 5.74) is 3.60. The van der Waals surface area contributed by atoms with Gasteiger partial charge >= 0.3 is 0 Å². The van der Waals surface area contributed by atoms with Gasteiger partial charge in [-0.05, 0) is 40.5 Å². The molecule has 0 aliphatic heterocycles. The number of halogens is 2. The molecule has 94 valence electrons. The number of nitrogens with zero attached hydrogens (tertiary/aromatic N) is 2. The first-order chi connectivity index (χ1) is 8.61. The predicted molar refractivity (Wildman–Crippen MR) is 72.0 cm³/mol. The van der Waals surface area contributed by atoms with Crippen LogP contribution < -0.4 is 16.6 Å². The number of hydrogen-bond acceptors (Lipinski definition) is 5. The Balaban J connectivity index is 2.34. The molecule has 5 nitrogen and oxygen atoms in total. The highest BCUT2D eigenvalue weighted by molar-refractivity contribution is 9.10. The predicted octanol–water partition coefficient (Wildman–Crippen LogP) is 2.72. The number of hydrazine groups is 1. The van der Waals surface area contributed by atoms with Gasteiger partial charge in [-0.25, -0.2) is 20.2 Å². The summed E-state index contributed by atoms with van der Waals surface area (Å²) in [7, 11) is 0. The van der Waals surface area contributed by atoms with Gasteiger partial charge in [0.1, 0.15) is 22.4 Å². The molecule has 0 saturated carbocycles. The molecular formula is C11H11BrFN5. The molecule has 0 saturated heterocycles. The first kappa shape index (κ1) is 12.7. The molecular weight excluding hydrogens is 301 g/mol. The van der Waals surface area contributed by atoms with Crippen LogP contribution in [0.2, 0.25) is 0 Å². The van der Waals surface area contributed by atoms with Crippen LogP contribution in [0.5, 0.6) is 0 Å². The van der Waals surface area contributed by atoms with E-state index in [1.807, 2.05) is 13.0 Å². The molecule has 0 bridgehead atoms. The zero-order valence-electron chi connectivity index (χ0n) is 9.54. The van der Waals surface area contributed by atoms with E-state index < -0.39 is 0 Å². The zero-order valence-corrected chi connectivity index (χ0v) is 11.1. The van der Waals surface area contributed by atoms with Crippen molar-refractivity contribution in [1.29, 1.82) is 0 Å². The van der Waals surface area contributed by atoms with E-state index in [4.69, 9.17) is 5.84 Å². The van der Waals surface area contributed by atoms with E-state index in [0.717, 1.165) is 5.56 Å². The van der Waals surface area contributed by atoms with E-state index in [9.17, 15) is 4.39 Å². The third-order valence-corrected chi connectivity index (χ3v) is 3.05. The van der Waals surface area contributed by atoms with E-state index in [1.54, 1.807) is 6.07 Å². The number of nitrogen functional groups attached to an aromatic ring is 1. The number of aryl methyl sites for hydroxylation is 1. The maximum atomic E-state index is 13.7. The molecule has 0 unspecified atom stereocenters. The lowest BCUT2D eigenvalue weighted by atomic mass is 10.2. The summed E-state index contributed by atoms with van der Waals surface area (Å²) in [6.45, 7) is 1.82. The van der Waals surface area contributed by atoms with Gasteiger partial charge in [-0.2, -0.15) is 0 Å². The van der Waals surface area contributed by atoms with Gasteiger partial charge < -0.3 is 10.7 Å². The molecule has 1 aromatic heterocycles. The van der Waals surface area contributed by atoms with Crippen molar-refractivity contribution in [2.45, 2.75) is 6.92 Å². The Morgan fingerprint density at radius 1 is 1.28 bits per heavy atom. The lowest BCUT2D eigenvalue weighted by molar-refractivity contribution is 0.630. The van der Waals surface area contributed by atoms with Gasteiger partial charge in [-0.3, -0.25) is 0 Å². The number of nitrogens with two attached hydrogens (primary N) is 1. The standard InChI is InChI=1S/C11H11BrFN5/c1-6-2-3-8(7(13)4-6)17-10-9(12)11(18-14)16-5-15-10/h2-5H,14H2,1H3,(H2,15,16,17,18). The second kappa shape index (κ2) is 5.28. The average molecular weight is 312 g/mol. The molecule has 0 fully saturated rings. The minimum Gasteiger partial charge on any atom is -0.337 e. The monoisotopic (exact) mass is 311 g/mol. The summed E-state index contributed by atoms with van der Waals surface area (Å²) in [6.07, 6.45) is 1.33. The van der Waals surface area contributed by atoms with E-state index in [1.165, 1.54) is 12.4 Å². The van der Waals surface area contributed by atoms with Gasteiger partial charge in [-0.1, -0.05) is 6.07 Å². The topological polar surface area (TPSA) is 75.9 Å². The summed E-state index contributed by atoms with van der Waals surface area (Å²) in [4.78, 5) is 7.92. The van der Waals surface area contributed by atoms with Crippen LogP contribution in [0.3, 0.4) is 0 Å². The molecule has 0 amide bonds. The van der Waals surface area contributed by atoms with Crippen LogP contribution in [0.1, 0.15) is 5.56 Å². The van der Waals surface area contributed by atoms with Gasteiger partial charge in [0.15, 0.2) is 5.82 Å². The van der Waals surface area contributed by atoms with Crippen LogP contribution in [0.4, 0.5) is 21.7 Å². The molecule has 0 spiro atoms. The maximum absolute atomic E-state index is 13.7. The van der Waals surface area contributed by atoms with Gasteiger partial charge in [0, 0.05) is 0 Å². The molecule has 2 rings (SSSR count). The van der Waals surface area contributed by atoms with Gasteiger partial charge in [0.25, 0.3) is 0 Å². The van der Waals surface area contributed by atoms with Crippen molar-refractivity contribution >= 4 is 33.3 Å². The summed E-state index contributed by atoms with van der Waals surface area (Å²) >= 11 is 3.29. The van der Waals surface area contributed by atoms with Crippen molar-refractivity contribution in [1.82, 2.24) is 9.97 Å². The minimum atomic E-state index is -0.345. The van der Waals surface area contributed by atoms with Gasteiger partial charge in [-0.15, -0.1) is 0 Å². The van der Waals surface area contributed by atoms with Crippen molar-refractivity contribution in [2.75, 3.05) is 10.7 Å². The number of rotatable bonds is 3. The Morgan fingerprint density at radius 3 is 2.67 bits per heavy atom. The van der Waals surface area contributed by atoms with Crippen LogP contribution in [0.15, 0.2) is 29.0 Å². The van der Waals surface area contributed by atoms with Crippen LogP contribution in [-0.4, -0.2) is 9.97 Å². The summed E-state index contributed by atoms with van der Waals surface area (Å²) in [5, 5.41) is 2.87. The largest absolute Gasteiger partial charge is 0.337 e. The Kier molecular flexibility index (Phi) is 3.73. The van der Waals surface area contributed by atoms with Crippen LogP contribution in [0.25, 0.3) is 0 Å². The first-order valence-corrected chi connectivity index (χ1v) is 5.91. The summed E-state index contributed by atoms with van der Waals surface area (Å²) in [6, 6.07) is 4.90. The van der Waals surface area contributed by atoms with Crippen LogP contribution in [-0.2, 0) is 0 Å². The Bertz CT molecular complexity index is 575. The Labute approximate surface area is 112 Å². The Morgan fingerprint density at radius 2 is 2.00 bits per heavy atom. The van der Waals surface area contributed by atoms with E-state index in [-0.39, 0.29) is 5.82 Å². The fourth-order valence-electron chi connectivity index (χ4n) is 1.41. The molecule has 0 atom stereocenters. The van der Waals surface area contributed by atoms with E-state index in [0.29, 0.717) is 21.8 Å². The molecule has 1 aromatic carbocycles. The lowest BCUT2D eigenvalue weighted by Crippen LogP contribution is -2.10. The van der Waals surface area contributed by atoms with E-state index >= 15 is 0 Å². The number of anilines is 3. The third kappa shape index (κ3) is 2.57. The van der Waals surface area contributed by atoms with Crippen molar-refractivity contribution in [2.24, 2.45) is 5.84 Å². The average Bonchev–Trinajstić information content (AvgIpc) is 2.35. The van der Waals surface area contributed by atoms with Gasteiger partial charge in [0.05, 0.1) is 5.69 Å². The van der Waals surface area contributed by atoms with Crippen molar-refractivity contribution in [3.05, 3.63) is 40.4 Å². The second-order valence-electron chi connectivity index (χ2n) is 3.64. The van der Waals surface area contributed by atoms with Crippen LogP contribution in [0, 0.1) is 12.7 Å². The quantitative estimate of drug-likeness (QED) is 0.600. The third-order valence-electron chi connectivity index (χ3n) is 2.30. The molecule has 0 radical (unpaired) electrons. The molecule has 18 heavy (non-hydrogen) atoms. The second-order valence-corrected chi connectivity index (χ2v) is 4.43. The maximum Gasteiger partial charge on any atom is 0.159 e. The number of hydrogen-bond donors (Lipinski definition) is 3. The smallest absolute Gasteiger partial charge is 0.159 e. The molecule has 4 N–H and O–H groups in total. The number of benzene rings is 1. The molecule has 7 heteroatoms. The fourth-order valence-corrected chi connectivity index (χ4v) is 1.83. The van der Waals surface area contributed by atoms with Crippen molar-refractivity contribution in [3.63, 3.8) is 0 Å². The Hall–Kier alpha value is -1.73. The molecule has 1 heterocycles. The number of aromatic nitrogens is 2. The highest BCUT2D eigenvalue weighted by Crippen LogP contribution is 2.29. The minimum absolute atomic E-state index is 0.336. The lowest BCUT2D eigenvalue weighted by Gasteiger charge is -2.10. The molecule has 0 aliphatic carbocycles. The normalized spacial score (nSPS) is 10.2. The highest BCUT2D eigenvalue weighted by Gasteiger charge is 2.10. The number of nitrogens with one attached hydrogen (secondary N) is 2. The highest BCUT2D eigenvalue weighted by atomic mass is 79.9. The first-order valence-electron chi connectivity index (χ1n) is 5.12. The molecule has 0 aliphatic rings. The summed E-state index contributed by atoms with van der Waals surface area (Å²) < 4.78 is 14.2. The zero-order chi connectivity index (χ0) is 13.1. The molecule has 2 aromatic rings. The SMILES string of the molecule is Cc1ccc(Nc2ncnc(NN)c2Br)c(F)c1. The van der Waals surface area contributed by atoms with Crippen LogP contribution >= 0.6 is 15.9 Å². The summed E-state index contributed by atoms with van der Waals surface area (Å²) in [5.74, 6) is 5.79. The van der Waals surface area contributed by atoms with Crippen molar-refractivity contribution in [3.8, 4) is 0 Å². The van der Waals surface area contributed by atoms with E-state index in [2.05, 4.69) is 36.6 Å². The van der Waals surface area contributed by atoms with Gasteiger partial charge in [0.2, 0.25) is 0 Å².